The Morgan fingerprint density at radius 3 is 2.47 bits per heavy atom. The molecule has 7 heteroatoms. The van der Waals surface area contributed by atoms with E-state index in [9.17, 15) is 15.4 Å². The van der Waals surface area contributed by atoms with Crippen molar-refractivity contribution in [3.8, 4) is 6.07 Å². The molecule has 0 radical (unpaired) electrons. The Hall–Kier alpha value is -3.50. The van der Waals surface area contributed by atoms with Crippen LogP contribution in [0, 0.1) is 26.9 Å². The molecule has 3 rings (SSSR count). The normalized spacial score (nSPS) is 16.9. The highest BCUT2D eigenvalue weighted by molar-refractivity contribution is 9.10. The van der Waals surface area contributed by atoms with Gasteiger partial charge in [0, 0.05) is 46.7 Å². The molecule has 0 unspecified atom stereocenters. The molecule has 0 bridgehead atoms. The van der Waals surface area contributed by atoms with E-state index in [1.54, 1.807) is 24.4 Å². The minimum Gasteiger partial charge on any atom is -0.309 e. The van der Waals surface area contributed by atoms with Crippen LogP contribution in [0.1, 0.15) is 39.2 Å². The fraction of sp³-hybridized carbons (Fsp3) is 0.259. The second kappa shape index (κ2) is 11.1. The van der Waals surface area contributed by atoms with Gasteiger partial charge in [0.2, 0.25) is 0 Å². The van der Waals surface area contributed by atoms with Gasteiger partial charge in [-0.3, -0.25) is 15.1 Å². The van der Waals surface area contributed by atoms with Gasteiger partial charge in [0.15, 0.2) is 0 Å². The summed E-state index contributed by atoms with van der Waals surface area (Å²) in [5.74, 6) is 0. The van der Waals surface area contributed by atoms with E-state index in [1.807, 2.05) is 34.3 Å². The van der Waals surface area contributed by atoms with E-state index in [0.717, 1.165) is 47.5 Å². The van der Waals surface area contributed by atoms with Gasteiger partial charge in [0.25, 0.3) is 5.69 Å². The summed E-state index contributed by atoms with van der Waals surface area (Å²) in [4.78, 5) is 15.0. The summed E-state index contributed by atoms with van der Waals surface area (Å²) in [5, 5.41) is 20.7. The minimum absolute atomic E-state index is 0.00366. The highest BCUT2D eigenvalue weighted by Crippen LogP contribution is 2.40. The Balaban J connectivity index is 1.83. The Morgan fingerprint density at radius 1 is 1.21 bits per heavy atom. The molecule has 0 atom stereocenters. The van der Waals surface area contributed by atoms with Crippen LogP contribution >= 0.6 is 16.1 Å². The van der Waals surface area contributed by atoms with Crippen molar-refractivity contribution >= 4 is 45.5 Å². The number of hydrogen-bond donors (Lipinski definition) is 0. The van der Waals surface area contributed by atoms with Crippen molar-refractivity contribution in [1.29, 1.82) is 5.26 Å². The van der Waals surface area contributed by atoms with Crippen molar-refractivity contribution in [1.82, 2.24) is 0 Å². The first-order chi connectivity index (χ1) is 16.2. The van der Waals surface area contributed by atoms with Crippen molar-refractivity contribution < 1.29 is 4.92 Å². The summed E-state index contributed by atoms with van der Waals surface area (Å²) in [7, 11) is 0. The maximum Gasteiger partial charge on any atom is 0.269 e. The fourth-order valence-corrected chi connectivity index (χ4v) is 4.13. The number of nitro groups is 1. The van der Waals surface area contributed by atoms with Gasteiger partial charge in [-0.25, -0.2) is 0 Å². The number of allylic oxidation sites excluding steroid dienone is 5. The van der Waals surface area contributed by atoms with Gasteiger partial charge in [0.1, 0.15) is 0 Å². The number of nitro benzene ring substituents is 1. The molecule has 0 saturated heterocycles. The molecule has 2 aromatic rings. The van der Waals surface area contributed by atoms with Crippen molar-refractivity contribution in [2.75, 3.05) is 10.5 Å². The molecule has 174 valence electrons. The molecule has 0 spiro atoms. The Kier molecular flexibility index (Phi) is 8.19. The summed E-state index contributed by atoms with van der Waals surface area (Å²) in [6, 6.07) is 16.5. The van der Waals surface area contributed by atoms with Gasteiger partial charge in [-0.05, 0) is 90.4 Å². The summed E-state index contributed by atoms with van der Waals surface area (Å²) in [6.07, 6.45) is 9.30. The number of halogens is 1. The van der Waals surface area contributed by atoms with Crippen LogP contribution in [0.4, 0.5) is 17.1 Å². The fourth-order valence-electron chi connectivity index (χ4n) is 3.89. The lowest BCUT2D eigenvalue weighted by Gasteiger charge is -2.31. The van der Waals surface area contributed by atoms with Gasteiger partial charge in [-0.1, -0.05) is 19.9 Å². The zero-order valence-corrected chi connectivity index (χ0v) is 21.1. The highest BCUT2D eigenvalue weighted by atomic mass is 79.9. The lowest BCUT2D eigenvalue weighted by molar-refractivity contribution is -0.384. The quantitative estimate of drug-likeness (QED) is 0.123. The number of hydrogen-bond acceptors (Lipinski definition) is 5. The number of aliphatic imine (C=N–C) groups is 1. The van der Waals surface area contributed by atoms with Crippen LogP contribution in [0.3, 0.4) is 0 Å². The van der Waals surface area contributed by atoms with Gasteiger partial charge >= 0.3 is 0 Å². The highest BCUT2D eigenvalue weighted by Gasteiger charge is 2.27. The zero-order chi connectivity index (χ0) is 24.7. The first-order valence-electron chi connectivity index (χ1n) is 11.0. The zero-order valence-electron chi connectivity index (χ0n) is 19.5. The van der Waals surface area contributed by atoms with Gasteiger partial charge in [-0.15, -0.1) is 0 Å². The largest absolute Gasteiger partial charge is 0.309 e. The molecular formula is C27H27BrN4O2. The third-order valence-corrected chi connectivity index (χ3v) is 6.42. The molecule has 0 saturated carbocycles. The number of nitriles is 1. The maximum atomic E-state index is 10.9. The molecular weight excluding hydrogens is 492 g/mol. The molecule has 34 heavy (non-hydrogen) atoms. The van der Waals surface area contributed by atoms with E-state index < -0.39 is 4.92 Å². The number of nitrogens with zero attached hydrogens (tertiary/aromatic N) is 4. The van der Waals surface area contributed by atoms with E-state index >= 15 is 0 Å². The first kappa shape index (κ1) is 25.1. The average Bonchev–Trinajstić information content (AvgIpc) is 2.81. The van der Waals surface area contributed by atoms with E-state index in [-0.39, 0.29) is 11.1 Å². The van der Waals surface area contributed by atoms with Crippen LogP contribution in [0.15, 0.2) is 82.4 Å². The number of anilines is 1. The molecule has 0 aromatic heterocycles. The Morgan fingerprint density at radius 2 is 1.88 bits per heavy atom. The van der Waals surface area contributed by atoms with Gasteiger partial charge in [0.05, 0.1) is 22.3 Å². The first-order valence-corrected chi connectivity index (χ1v) is 11.8. The lowest BCUT2D eigenvalue weighted by Crippen LogP contribution is -2.18. The number of non-ortho nitro benzene ring substituents is 1. The molecule has 1 aliphatic carbocycles. The molecule has 0 fully saturated rings. The summed E-state index contributed by atoms with van der Waals surface area (Å²) in [5.41, 5.74) is 5.35. The van der Waals surface area contributed by atoms with Gasteiger partial charge < -0.3 is 3.93 Å². The third-order valence-electron chi connectivity index (χ3n) is 5.51. The van der Waals surface area contributed by atoms with E-state index in [2.05, 4.69) is 54.1 Å². The molecule has 1 aliphatic rings. The molecule has 2 aromatic carbocycles. The lowest BCUT2D eigenvalue weighted by atomic mass is 9.73. The topological polar surface area (TPSA) is 82.5 Å². The minimum atomic E-state index is -0.431. The van der Waals surface area contributed by atoms with Crippen LogP contribution in [0.25, 0.3) is 6.08 Å². The van der Waals surface area contributed by atoms with Crippen molar-refractivity contribution in [2.24, 2.45) is 10.4 Å². The predicted octanol–water partition coefficient (Wildman–Crippen LogP) is 7.71. The Bertz CT molecular complexity index is 1200. The second-order valence-electron chi connectivity index (χ2n) is 8.92. The van der Waals surface area contributed by atoms with Crippen LogP contribution < -0.4 is 3.93 Å². The standard InChI is InChI=1S/C27H27BrN4O2/c1-4-31(28)25-11-7-24(8-12-25)30-14-13-21-16-22(18-27(2,3)17-21)23(19-29)15-20-5-9-26(10-6-20)32(33)34/h5-16H,4,17-18H2,1-3H3/b21-13-,23-15+,30-14?. The van der Waals surface area contributed by atoms with Crippen LogP contribution in [-0.4, -0.2) is 17.7 Å². The molecule has 0 heterocycles. The van der Waals surface area contributed by atoms with E-state index in [4.69, 9.17) is 0 Å². The van der Waals surface area contributed by atoms with E-state index in [0.29, 0.717) is 5.57 Å². The average molecular weight is 519 g/mol. The monoisotopic (exact) mass is 518 g/mol. The second-order valence-corrected chi connectivity index (χ2v) is 9.78. The predicted molar refractivity (Wildman–Crippen MR) is 142 cm³/mol. The molecule has 6 nitrogen and oxygen atoms in total. The Labute approximate surface area is 209 Å². The van der Waals surface area contributed by atoms with E-state index in [1.165, 1.54) is 12.1 Å². The van der Waals surface area contributed by atoms with Crippen molar-refractivity contribution in [3.05, 3.63) is 93.1 Å². The molecule has 0 N–H and O–H groups in total. The third kappa shape index (κ3) is 6.75. The van der Waals surface area contributed by atoms with Crippen LogP contribution in [-0.2, 0) is 0 Å². The SMILES string of the molecule is CCN(Br)c1ccc(N=C/C=C2C=C(/C(C#N)=C/c3ccc([N+](=O)[O-])cc3)CC(C)(C)C/2)cc1. The maximum absolute atomic E-state index is 10.9. The van der Waals surface area contributed by atoms with Crippen LogP contribution in [0.2, 0.25) is 0 Å². The smallest absolute Gasteiger partial charge is 0.269 e. The number of rotatable bonds is 7. The molecule has 0 aliphatic heterocycles. The molecule has 0 amide bonds. The summed E-state index contributed by atoms with van der Waals surface area (Å²) in [6.45, 7) is 7.30. The van der Waals surface area contributed by atoms with Crippen LogP contribution in [0.5, 0.6) is 0 Å². The number of benzene rings is 2. The van der Waals surface area contributed by atoms with Gasteiger partial charge in [-0.2, -0.15) is 5.26 Å². The van der Waals surface area contributed by atoms with Crippen molar-refractivity contribution in [3.63, 3.8) is 0 Å². The summed E-state index contributed by atoms with van der Waals surface area (Å²) >= 11 is 3.50. The van der Waals surface area contributed by atoms with Crippen molar-refractivity contribution in [2.45, 2.75) is 33.6 Å². The summed E-state index contributed by atoms with van der Waals surface area (Å²) < 4.78 is 1.98.